The highest BCUT2D eigenvalue weighted by atomic mass is 32.1. The summed E-state index contributed by atoms with van der Waals surface area (Å²) in [5, 5.41) is 8.49. The Morgan fingerprint density at radius 1 is 1.17 bits per heavy atom. The standard InChI is InChI=1S/C17H16N4OS/c1-12(13-6-3-2-4-7-13)19-16(22)15-11-23-17(21-15)20-14-8-5-9-18-10-14/h2-12H,1H3,(H,19,22)(H,20,21). The van der Waals surface area contributed by atoms with Crippen molar-refractivity contribution in [3.05, 3.63) is 71.5 Å². The lowest BCUT2D eigenvalue weighted by molar-refractivity contribution is 0.0935. The van der Waals surface area contributed by atoms with Crippen LogP contribution in [0.25, 0.3) is 0 Å². The maximum Gasteiger partial charge on any atom is 0.271 e. The minimum absolute atomic E-state index is 0.0693. The molecule has 1 amide bonds. The first-order valence-corrected chi connectivity index (χ1v) is 8.09. The van der Waals surface area contributed by atoms with Crippen molar-refractivity contribution in [3.63, 3.8) is 0 Å². The fourth-order valence-electron chi connectivity index (χ4n) is 2.09. The van der Waals surface area contributed by atoms with E-state index < -0.39 is 0 Å². The van der Waals surface area contributed by atoms with E-state index in [0.29, 0.717) is 10.8 Å². The van der Waals surface area contributed by atoms with Crippen molar-refractivity contribution in [2.45, 2.75) is 13.0 Å². The predicted octanol–water partition coefficient (Wildman–Crippen LogP) is 3.77. The number of nitrogens with zero attached hydrogens (tertiary/aromatic N) is 2. The Kier molecular flexibility index (Phi) is 4.63. The van der Waals surface area contributed by atoms with Crippen molar-refractivity contribution in [3.8, 4) is 0 Å². The molecule has 1 atom stereocenters. The van der Waals surface area contributed by atoms with Crippen LogP contribution in [-0.2, 0) is 0 Å². The number of nitrogens with one attached hydrogen (secondary N) is 2. The average Bonchev–Trinajstić information content (AvgIpc) is 3.05. The van der Waals surface area contributed by atoms with Crippen molar-refractivity contribution in [2.24, 2.45) is 0 Å². The highest BCUT2D eigenvalue weighted by Crippen LogP contribution is 2.21. The molecule has 0 saturated carbocycles. The van der Waals surface area contributed by atoms with Gasteiger partial charge in [-0.15, -0.1) is 11.3 Å². The zero-order valence-electron chi connectivity index (χ0n) is 12.6. The van der Waals surface area contributed by atoms with Gasteiger partial charge < -0.3 is 10.6 Å². The van der Waals surface area contributed by atoms with Crippen LogP contribution in [0.5, 0.6) is 0 Å². The molecular formula is C17H16N4OS. The molecule has 0 bridgehead atoms. The van der Waals surface area contributed by atoms with Gasteiger partial charge in [0.2, 0.25) is 0 Å². The summed E-state index contributed by atoms with van der Waals surface area (Å²) in [4.78, 5) is 20.6. The molecule has 5 nitrogen and oxygen atoms in total. The van der Waals surface area contributed by atoms with Crippen LogP contribution in [0.1, 0.15) is 29.0 Å². The second-order valence-corrected chi connectivity index (χ2v) is 5.87. The number of carbonyl (C=O) groups is 1. The Morgan fingerprint density at radius 3 is 2.74 bits per heavy atom. The minimum atomic E-state index is -0.183. The fraction of sp³-hybridized carbons (Fsp3) is 0.118. The van der Waals surface area contributed by atoms with Gasteiger partial charge in [0.1, 0.15) is 5.69 Å². The van der Waals surface area contributed by atoms with Crippen molar-refractivity contribution < 1.29 is 4.79 Å². The summed E-state index contributed by atoms with van der Waals surface area (Å²) in [7, 11) is 0. The Hall–Kier alpha value is -2.73. The predicted molar refractivity (Wildman–Crippen MR) is 92.0 cm³/mol. The third-order valence-corrected chi connectivity index (χ3v) is 4.05. The molecule has 0 aliphatic heterocycles. The topological polar surface area (TPSA) is 66.9 Å². The first kappa shape index (κ1) is 15.2. The number of anilines is 2. The van der Waals surface area contributed by atoms with Crippen molar-refractivity contribution in [2.75, 3.05) is 5.32 Å². The molecule has 116 valence electrons. The normalized spacial score (nSPS) is 11.7. The van der Waals surface area contributed by atoms with E-state index in [9.17, 15) is 4.79 Å². The van der Waals surface area contributed by atoms with Gasteiger partial charge in [-0.2, -0.15) is 0 Å². The van der Waals surface area contributed by atoms with Crippen LogP contribution < -0.4 is 10.6 Å². The molecule has 0 fully saturated rings. The van der Waals surface area contributed by atoms with Crippen molar-refractivity contribution in [1.29, 1.82) is 0 Å². The molecule has 3 aromatic rings. The Bertz CT molecular complexity index is 774. The van der Waals surface area contributed by atoms with E-state index in [4.69, 9.17) is 0 Å². The van der Waals surface area contributed by atoms with E-state index in [-0.39, 0.29) is 11.9 Å². The molecule has 0 spiro atoms. The lowest BCUT2D eigenvalue weighted by Gasteiger charge is -2.13. The van der Waals surface area contributed by atoms with Crippen LogP contribution in [0.15, 0.2) is 60.2 Å². The third-order valence-electron chi connectivity index (χ3n) is 3.30. The van der Waals surface area contributed by atoms with Crippen molar-refractivity contribution in [1.82, 2.24) is 15.3 Å². The minimum Gasteiger partial charge on any atom is -0.344 e. The molecule has 3 rings (SSSR count). The third kappa shape index (κ3) is 3.92. The van der Waals surface area contributed by atoms with Crippen LogP contribution in [0.2, 0.25) is 0 Å². The summed E-state index contributed by atoms with van der Waals surface area (Å²) in [5.41, 5.74) is 2.31. The molecule has 23 heavy (non-hydrogen) atoms. The maximum atomic E-state index is 12.3. The van der Waals surface area contributed by atoms with Gasteiger partial charge in [-0.3, -0.25) is 9.78 Å². The largest absolute Gasteiger partial charge is 0.344 e. The number of hydrogen-bond acceptors (Lipinski definition) is 5. The number of thiazole rings is 1. The first-order valence-electron chi connectivity index (χ1n) is 7.21. The molecular weight excluding hydrogens is 308 g/mol. The number of aromatic nitrogens is 2. The van der Waals surface area contributed by atoms with E-state index in [1.54, 1.807) is 17.8 Å². The number of carbonyl (C=O) groups excluding carboxylic acids is 1. The number of pyridine rings is 1. The second-order valence-electron chi connectivity index (χ2n) is 5.01. The highest BCUT2D eigenvalue weighted by Gasteiger charge is 2.14. The van der Waals surface area contributed by atoms with Gasteiger partial charge >= 0.3 is 0 Å². The SMILES string of the molecule is CC(NC(=O)c1csc(Nc2cccnc2)n1)c1ccccc1. The molecule has 0 saturated heterocycles. The lowest BCUT2D eigenvalue weighted by atomic mass is 10.1. The van der Waals surface area contributed by atoms with Gasteiger partial charge in [0.05, 0.1) is 17.9 Å². The van der Waals surface area contributed by atoms with Crippen molar-refractivity contribution >= 4 is 28.1 Å². The Labute approximate surface area is 138 Å². The maximum absolute atomic E-state index is 12.3. The van der Waals surface area contributed by atoms with E-state index in [2.05, 4.69) is 20.6 Å². The van der Waals surface area contributed by atoms with Gasteiger partial charge in [0, 0.05) is 11.6 Å². The van der Waals surface area contributed by atoms with Crippen LogP contribution in [0.3, 0.4) is 0 Å². The summed E-state index contributed by atoms with van der Waals surface area (Å²) in [5.74, 6) is -0.183. The fourth-order valence-corrected chi connectivity index (χ4v) is 2.80. The zero-order chi connectivity index (χ0) is 16.1. The molecule has 2 aromatic heterocycles. The lowest BCUT2D eigenvalue weighted by Crippen LogP contribution is -2.26. The van der Waals surface area contributed by atoms with Gasteiger partial charge in [0.25, 0.3) is 5.91 Å². The quantitative estimate of drug-likeness (QED) is 0.749. The van der Waals surface area contributed by atoms with E-state index in [1.165, 1.54) is 11.3 Å². The number of rotatable bonds is 5. The van der Waals surface area contributed by atoms with E-state index in [1.807, 2.05) is 49.4 Å². The molecule has 2 heterocycles. The van der Waals surface area contributed by atoms with Gasteiger partial charge in [-0.05, 0) is 24.6 Å². The molecule has 1 unspecified atom stereocenters. The Balaban J connectivity index is 1.64. The van der Waals surface area contributed by atoms with Gasteiger partial charge in [-0.1, -0.05) is 30.3 Å². The summed E-state index contributed by atoms with van der Waals surface area (Å²) < 4.78 is 0. The Morgan fingerprint density at radius 2 is 2.00 bits per heavy atom. The summed E-state index contributed by atoms with van der Waals surface area (Å²) in [6.45, 7) is 1.95. The molecule has 1 aromatic carbocycles. The number of amides is 1. The molecule has 0 aliphatic rings. The highest BCUT2D eigenvalue weighted by molar-refractivity contribution is 7.14. The summed E-state index contributed by atoms with van der Waals surface area (Å²) in [6.07, 6.45) is 3.41. The first-order chi connectivity index (χ1) is 11.2. The molecule has 0 aliphatic carbocycles. The molecule has 2 N–H and O–H groups in total. The zero-order valence-corrected chi connectivity index (χ0v) is 13.4. The average molecular weight is 324 g/mol. The van der Waals surface area contributed by atoms with E-state index in [0.717, 1.165) is 11.3 Å². The number of hydrogen-bond donors (Lipinski definition) is 2. The van der Waals surface area contributed by atoms with Crippen LogP contribution in [0, 0.1) is 0 Å². The monoisotopic (exact) mass is 324 g/mol. The summed E-state index contributed by atoms with van der Waals surface area (Å²) >= 11 is 1.38. The van der Waals surface area contributed by atoms with Gasteiger partial charge in [0.15, 0.2) is 5.13 Å². The smallest absolute Gasteiger partial charge is 0.271 e. The number of benzene rings is 1. The summed E-state index contributed by atoms with van der Waals surface area (Å²) in [6, 6.07) is 13.5. The van der Waals surface area contributed by atoms with Gasteiger partial charge in [-0.25, -0.2) is 4.98 Å². The van der Waals surface area contributed by atoms with Crippen LogP contribution in [-0.4, -0.2) is 15.9 Å². The van der Waals surface area contributed by atoms with Crippen LogP contribution in [0.4, 0.5) is 10.8 Å². The van der Waals surface area contributed by atoms with E-state index >= 15 is 0 Å². The molecule has 6 heteroatoms. The molecule has 0 radical (unpaired) electrons. The van der Waals surface area contributed by atoms with Crippen LogP contribution >= 0.6 is 11.3 Å². The second kappa shape index (κ2) is 7.02.